The summed E-state index contributed by atoms with van der Waals surface area (Å²) >= 11 is 0. The van der Waals surface area contributed by atoms with E-state index in [1.54, 1.807) is 18.5 Å². The second-order valence-electron chi connectivity index (χ2n) is 7.36. The molecule has 2 aliphatic rings. The summed E-state index contributed by atoms with van der Waals surface area (Å²) in [7, 11) is 0. The van der Waals surface area contributed by atoms with E-state index in [4.69, 9.17) is 15.2 Å². The molecule has 29 heavy (non-hydrogen) atoms. The van der Waals surface area contributed by atoms with E-state index in [-0.39, 0.29) is 11.9 Å². The van der Waals surface area contributed by atoms with Crippen molar-refractivity contribution in [3.8, 4) is 0 Å². The smallest absolute Gasteiger partial charge is 0.273 e. The number of rotatable bonds is 2. The van der Waals surface area contributed by atoms with Crippen LogP contribution in [0.15, 0.2) is 30.6 Å². The molecule has 1 atom stereocenters. The topological polar surface area (TPSA) is 103 Å². The highest BCUT2D eigenvalue weighted by Crippen LogP contribution is 2.32. The molecule has 0 radical (unpaired) electrons. The number of carbonyl (C=O) groups is 1. The van der Waals surface area contributed by atoms with Crippen molar-refractivity contribution < 1.29 is 14.3 Å². The lowest BCUT2D eigenvalue weighted by Gasteiger charge is -2.35. The fraction of sp³-hybridized carbons (Fsp3) is 0.333. The van der Waals surface area contributed by atoms with E-state index in [1.165, 1.54) is 0 Å². The summed E-state index contributed by atoms with van der Waals surface area (Å²) in [4.78, 5) is 28.3. The molecule has 0 unspecified atom stereocenters. The van der Waals surface area contributed by atoms with Crippen LogP contribution in [0.3, 0.4) is 0 Å². The first-order valence-electron chi connectivity index (χ1n) is 9.58. The molecule has 2 aliphatic heterocycles. The van der Waals surface area contributed by atoms with Crippen LogP contribution in [0.25, 0.3) is 10.9 Å². The molecule has 8 nitrogen and oxygen atoms in total. The minimum absolute atomic E-state index is 0.134. The Kier molecular flexibility index (Phi) is 4.37. The Balaban J connectivity index is 1.52. The van der Waals surface area contributed by atoms with Crippen molar-refractivity contribution in [2.75, 3.05) is 25.5 Å². The summed E-state index contributed by atoms with van der Waals surface area (Å²) in [6.07, 6.45) is 3.42. The van der Waals surface area contributed by atoms with Crippen LogP contribution in [0.4, 0.5) is 5.82 Å². The monoisotopic (exact) mass is 391 g/mol. The molecular formula is C21H21N5O3. The number of pyridine rings is 3. The maximum Gasteiger partial charge on any atom is 0.273 e. The van der Waals surface area contributed by atoms with Crippen molar-refractivity contribution in [2.45, 2.75) is 26.2 Å². The zero-order chi connectivity index (χ0) is 20.0. The van der Waals surface area contributed by atoms with E-state index in [2.05, 4.69) is 15.0 Å². The Morgan fingerprint density at radius 1 is 1.17 bits per heavy atom. The van der Waals surface area contributed by atoms with Crippen LogP contribution in [0.1, 0.15) is 38.9 Å². The van der Waals surface area contributed by atoms with Crippen LogP contribution < -0.4 is 5.73 Å². The number of fused-ring (bicyclic) bond motifs is 3. The van der Waals surface area contributed by atoms with Crippen LogP contribution in [0, 0.1) is 6.92 Å². The van der Waals surface area contributed by atoms with Gasteiger partial charge in [-0.1, -0.05) is 6.07 Å². The summed E-state index contributed by atoms with van der Waals surface area (Å²) in [6, 6.07) is 5.55. The average molecular weight is 391 g/mol. The molecule has 1 saturated heterocycles. The molecular weight excluding hydrogens is 370 g/mol. The van der Waals surface area contributed by atoms with Gasteiger partial charge in [-0.3, -0.25) is 9.78 Å². The van der Waals surface area contributed by atoms with Gasteiger partial charge >= 0.3 is 0 Å². The van der Waals surface area contributed by atoms with Gasteiger partial charge in [-0.05, 0) is 30.2 Å². The van der Waals surface area contributed by atoms with E-state index in [9.17, 15) is 4.79 Å². The lowest BCUT2D eigenvalue weighted by Crippen LogP contribution is -2.43. The van der Waals surface area contributed by atoms with Crippen LogP contribution in [0.5, 0.6) is 0 Å². The number of hydrogen-bond acceptors (Lipinski definition) is 7. The molecule has 0 saturated carbocycles. The fourth-order valence-electron chi connectivity index (χ4n) is 3.94. The number of nitrogens with zero attached hydrogens (tertiary/aromatic N) is 4. The summed E-state index contributed by atoms with van der Waals surface area (Å²) < 4.78 is 11.2. The molecule has 1 fully saturated rings. The number of nitrogens with two attached hydrogens (primary N) is 1. The maximum absolute atomic E-state index is 13.4. The van der Waals surface area contributed by atoms with Gasteiger partial charge in [0.15, 0.2) is 0 Å². The van der Waals surface area contributed by atoms with Crippen LogP contribution in [-0.2, 0) is 22.7 Å². The van der Waals surface area contributed by atoms with Gasteiger partial charge in [-0.25, -0.2) is 9.97 Å². The van der Waals surface area contributed by atoms with Crippen LogP contribution in [-0.4, -0.2) is 45.5 Å². The molecule has 0 aromatic carbocycles. The number of nitrogen functional groups attached to an aromatic ring is 1. The number of hydrogen-bond donors (Lipinski definition) is 1. The normalized spacial score (nSPS) is 18.8. The first-order valence-corrected chi connectivity index (χ1v) is 9.58. The Bertz CT molecular complexity index is 1100. The first-order chi connectivity index (χ1) is 14.1. The molecule has 0 spiro atoms. The molecule has 1 amide bonds. The van der Waals surface area contributed by atoms with Crippen molar-refractivity contribution in [3.05, 3.63) is 58.7 Å². The van der Waals surface area contributed by atoms with Gasteiger partial charge in [0.05, 0.1) is 44.2 Å². The molecule has 8 heteroatoms. The molecule has 5 heterocycles. The average Bonchev–Trinajstić information content (AvgIpc) is 3.25. The summed E-state index contributed by atoms with van der Waals surface area (Å²) in [6.45, 7) is 4.28. The Hall–Kier alpha value is -3.10. The molecule has 148 valence electrons. The molecule has 3 aromatic heterocycles. The van der Waals surface area contributed by atoms with E-state index in [1.807, 2.05) is 24.0 Å². The van der Waals surface area contributed by atoms with Crippen molar-refractivity contribution in [2.24, 2.45) is 0 Å². The second-order valence-corrected chi connectivity index (χ2v) is 7.36. The maximum atomic E-state index is 13.4. The van der Waals surface area contributed by atoms with Gasteiger partial charge in [-0.15, -0.1) is 0 Å². The number of anilines is 1. The van der Waals surface area contributed by atoms with Crippen LogP contribution >= 0.6 is 0 Å². The van der Waals surface area contributed by atoms with Gasteiger partial charge < -0.3 is 20.1 Å². The third kappa shape index (κ3) is 3.10. The first kappa shape index (κ1) is 18.0. The quantitative estimate of drug-likeness (QED) is 0.714. The summed E-state index contributed by atoms with van der Waals surface area (Å²) in [5.41, 5.74) is 10.9. The third-order valence-electron chi connectivity index (χ3n) is 5.54. The molecule has 0 bridgehead atoms. The highest BCUT2D eigenvalue weighted by Gasteiger charge is 2.31. The zero-order valence-corrected chi connectivity index (χ0v) is 16.1. The highest BCUT2D eigenvalue weighted by molar-refractivity contribution is 5.97. The Morgan fingerprint density at radius 3 is 2.86 bits per heavy atom. The number of carbonyl (C=O) groups excluding carboxylic acids is 1. The predicted octanol–water partition coefficient (Wildman–Crippen LogP) is 2.16. The SMILES string of the molecule is Cc1ccc([C@H]2COCCN2C(=O)c2cc3c4c(c(N)nc3cn2)COC4)cn1. The van der Waals surface area contributed by atoms with E-state index < -0.39 is 0 Å². The highest BCUT2D eigenvalue weighted by atomic mass is 16.5. The van der Waals surface area contributed by atoms with Crippen molar-refractivity contribution in [3.63, 3.8) is 0 Å². The Morgan fingerprint density at radius 2 is 2.03 bits per heavy atom. The number of aromatic nitrogens is 3. The minimum Gasteiger partial charge on any atom is -0.383 e. The number of morpholine rings is 1. The van der Waals surface area contributed by atoms with Gasteiger partial charge in [0.25, 0.3) is 5.91 Å². The summed E-state index contributed by atoms with van der Waals surface area (Å²) in [5, 5.41) is 0.867. The second kappa shape index (κ2) is 7.06. The van der Waals surface area contributed by atoms with Crippen LogP contribution in [0.2, 0.25) is 0 Å². The minimum atomic E-state index is -0.194. The van der Waals surface area contributed by atoms with Gasteiger partial charge in [0, 0.05) is 29.4 Å². The molecule has 3 aromatic rings. The van der Waals surface area contributed by atoms with Gasteiger partial charge in [0.2, 0.25) is 0 Å². The van der Waals surface area contributed by atoms with Crippen molar-refractivity contribution in [1.82, 2.24) is 19.9 Å². The van der Waals surface area contributed by atoms with E-state index in [0.717, 1.165) is 27.8 Å². The van der Waals surface area contributed by atoms with Crippen molar-refractivity contribution >= 4 is 22.6 Å². The molecule has 2 N–H and O–H groups in total. The van der Waals surface area contributed by atoms with E-state index >= 15 is 0 Å². The largest absolute Gasteiger partial charge is 0.383 e. The fourth-order valence-corrected chi connectivity index (χ4v) is 3.94. The van der Waals surface area contributed by atoms with Gasteiger partial charge in [0.1, 0.15) is 11.5 Å². The molecule has 0 aliphatic carbocycles. The zero-order valence-electron chi connectivity index (χ0n) is 16.1. The predicted molar refractivity (Wildman–Crippen MR) is 106 cm³/mol. The van der Waals surface area contributed by atoms with Gasteiger partial charge in [-0.2, -0.15) is 0 Å². The van der Waals surface area contributed by atoms with Crippen molar-refractivity contribution in [1.29, 1.82) is 0 Å². The number of ether oxygens (including phenoxy) is 2. The summed E-state index contributed by atoms with van der Waals surface area (Å²) in [5.74, 6) is 0.330. The van der Waals surface area contributed by atoms with E-state index in [0.29, 0.717) is 50.0 Å². The molecule has 5 rings (SSSR count). The lowest BCUT2D eigenvalue weighted by atomic mass is 10.0. The third-order valence-corrected chi connectivity index (χ3v) is 5.54. The number of amides is 1. The Labute approximate surface area is 167 Å². The number of aryl methyl sites for hydroxylation is 1. The standard InChI is InChI=1S/C21H21N5O3/c1-12-2-3-13(7-23-12)19-11-28-5-4-26(19)21(27)17-6-14-15-9-29-10-16(15)20(22)25-18(14)8-24-17/h2-3,6-8,19H,4-5,9-11H2,1H3,(H2,22,25)/t19-/m1/s1. The lowest BCUT2D eigenvalue weighted by molar-refractivity contribution is -0.00309.